The molecule has 0 spiro atoms. The second-order valence-corrected chi connectivity index (χ2v) is 4.90. The van der Waals surface area contributed by atoms with E-state index in [2.05, 4.69) is 5.10 Å². The molecule has 1 heterocycles. The van der Waals surface area contributed by atoms with Gasteiger partial charge in [0.25, 0.3) is 0 Å². The molecule has 0 aliphatic heterocycles. The van der Waals surface area contributed by atoms with Gasteiger partial charge in [0.05, 0.1) is 22.5 Å². The highest BCUT2D eigenvalue weighted by Gasteiger charge is 2.11. The summed E-state index contributed by atoms with van der Waals surface area (Å²) in [6.45, 7) is 1.88. The topological polar surface area (TPSA) is 74.6 Å². The number of nitrogens with zero attached hydrogens (tertiary/aromatic N) is 4. The second-order valence-electron chi connectivity index (χ2n) is 4.90. The summed E-state index contributed by atoms with van der Waals surface area (Å²) in [7, 11) is 0. The fraction of sp³-hybridized carbons (Fsp3) is 0.0556. The SMILES string of the molecule is Cc1cc(Oc2ccc(C#N)c(C#N)c2)n(-c2ccccc2)n1. The van der Waals surface area contributed by atoms with Crippen LogP contribution in [0, 0.1) is 29.6 Å². The smallest absolute Gasteiger partial charge is 0.222 e. The van der Waals surface area contributed by atoms with Crippen molar-refractivity contribution in [3.05, 3.63) is 71.4 Å². The van der Waals surface area contributed by atoms with Crippen LogP contribution in [-0.2, 0) is 0 Å². The predicted octanol–water partition coefficient (Wildman–Crippen LogP) is 3.72. The summed E-state index contributed by atoms with van der Waals surface area (Å²) in [6.07, 6.45) is 0. The molecular formula is C18H12N4O. The minimum Gasteiger partial charge on any atom is -0.439 e. The first-order chi connectivity index (χ1) is 11.2. The van der Waals surface area contributed by atoms with Crippen LogP contribution < -0.4 is 4.74 Å². The molecule has 2 aromatic carbocycles. The number of aryl methyl sites for hydroxylation is 1. The Balaban J connectivity index is 1.99. The van der Waals surface area contributed by atoms with Gasteiger partial charge in [-0.3, -0.25) is 0 Å². The number of hydrogen-bond donors (Lipinski definition) is 0. The summed E-state index contributed by atoms with van der Waals surface area (Å²) in [5.41, 5.74) is 2.31. The number of para-hydroxylation sites is 1. The van der Waals surface area contributed by atoms with Gasteiger partial charge in [0.15, 0.2) is 0 Å². The van der Waals surface area contributed by atoms with Crippen LogP contribution in [0.1, 0.15) is 16.8 Å². The molecule has 0 unspecified atom stereocenters. The maximum atomic E-state index is 9.10. The fourth-order valence-electron chi connectivity index (χ4n) is 2.20. The molecule has 0 aliphatic rings. The predicted molar refractivity (Wildman–Crippen MR) is 84.2 cm³/mol. The lowest BCUT2D eigenvalue weighted by Crippen LogP contribution is -1.99. The van der Waals surface area contributed by atoms with E-state index in [9.17, 15) is 0 Å². The molecule has 0 aliphatic carbocycles. The molecule has 0 bridgehead atoms. The maximum Gasteiger partial charge on any atom is 0.222 e. The van der Waals surface area contributed by atoms with Gasteiger partial charge in [-0.1, -0.05) is 18.2 Å². The van der Waals surface area contributed by atoms with Crippen LogP contribution >= 0.6 is 0 Å². The Labute approximate surface area is 133 Å². The van der Waals surface area contributed by atoms with Crippen LogP contribution in [0.15, 0.2) is 54.6 Å². The summed E-state index contributed by atoms with van der Waals surface area (Å²) in [6, 6.07) is 20.2. The normalized spacial score (nSPS) is 9.87. The zero-order valence-electron chi connectivity index (χ0n) is 12.4. The second kappa shape index (κ2) is 6.05. The lowest BCUT2D eigenvalue weighted by molar-refractivity contribution is 0.444. The van der Waals surface area contributed by atoms with Gasteiger partial charge in [-0.15, -0.1) is 0 Å². The Morgan fingerprint density at radius 2 is 1.70 bits per heavy atom. The Kier molecular flexibility index (Phi) is 3.78. The van der Waals surface area contributed by atoms with Gasteiger partial charge in [0.2, 0.25) is 5.88 Å². The average molecular weight is 300 g/mol. The van der Waals surface area contributed by atoms with Gasteiger partial charge < -0.3 is 4.74 Å². The minimum absolute atomic E-state index is 0.285. The van der Waals surface area contributed by atoms with Crippen molar-refractivity contribution < 1.29 is 4.74 Å². The lowest BCUT2D eigenvalue weighted by Gasteiger charge is -2.09. The molecule has 1 aromatic heterocycles. The Hall–Kier alpha value is -3.57. The zero-order valence-corrected chi connectivity index (χ0v) is 12.4. The van der Waals surface area contributed by atoms with Crippen LogP contribution in [0.2, 0.25) is 0 Å². The number of rotatable bonds is 3. The molecule has 0 saturated heterocycles. The highest BCUT2D eigenvalue weighted by atomic mass is 16.5. The third-order valence-electron chi connectivity index (χ3n) is 3.25. The van der Waals surface area contributed by atoms with E-state index in [4.69, 9.17) is 15.3 Å². The molecule has 5 nitrogen and oxygen atoms in total. The van der Waals surface area contributed by atoms with Crippen LogP contribution in [0.4, 0.5) is 0 Å². The Morgan fingerprint density at radius 1 is 0.957 bits per heavy atom. The van der Waals surface area contributed by atoms with Gasteiger partial charge in [0.1, 0.15) is 17.9 Å². The lowest BCUT2D eigenvalue weighted by atomic mass is 10.1. The van der Waals surface area contributed by atoms with E-state index in [0.717, 1.165) is 11.4 Å². The molecule has 0 saturated carbocycles. The molecule has 5 heteroatoms. The Morgan fingerprint density at radius 3 is 2.39 bits per heavy atom. The first-order valence-electron chi connectivity index (χ1n) is 6.95. The first-order valence-corrected chi connectivity index (χ1v) is 6.95. The maximum absolute atomic E-state index is 9.10. The average Bonchev–Trinajstić information content (AvgIpc) is 2.96. The van der Waals surface area contributed by atoms with Crippen molar-refractivity contribution in [3.8, 4) is 29.5 Å². The van der Waals surface area contributed by atoms with Gasteiger partial charge >= 0.3 is 0 Å². The van der Waals surface area contributed by atoms with Gasteiger partial charge in [-0.05, 0) is 37.3 Å². The van der Waals surface area contributed by atoms with Crippen molar-refractivity contribution in [2.24, 2.45) is 0 Å². The molecule has 110 valence electrons. The van der Waals surface area contributed by atoms with Gasteiger partial charge in [-0.25, -0.2) is 4.68 Å². The van der Waals surface area contributed by atoms with E-state index in [1.807, 2.05) is 55.5 Å². The first kappa shape index (κ1) is 14.4. The Bertz CT molecular complexity index is 930. The molecule has 0 fully saturated rings. The summed E-state index contributed by atoms with van der Waals surface area (Å²) < 4.78 is 7.56. The van der Waals surface area contributed by atoms with Crippen molar-refractivity contribution in [3.63, 3.8) is 0 Å². The molecule has 0 N–H and O–H groups in total. The van der Waals surface area contributed by atoms with E-state index in [1.54, 1.807) is 22.9 Å². The van der Waals surface area contributed by atoms with Crippen molar-refractivity contribution in [1.82, 2.24) is 9.78 Å². The summed E-state index contributed by atoms with van der Waals surface area (Å²) in [4.78, 5) is 0. The standard InChI is InChI=1S/C18H12N4O/c1-13-9-18(22(21-13)16-5-3-2-4-6-16)23-17-8-7-14(11-19)15(10-17)12-20/h2-10H,1H3. The largest absolute Gasteiger partial charge is 0.439 e. The third kappa shape index (κ3) is 2.90. The molecule has 23 heavy (non-hydrogen) atoms. The molecular weight excluding hydrogens is 288 g/mol. The summed E-state index contributed by atoms with van der Waals surface area (Å²) >= 11 is 0. The molecule has 0 radical (unpaired) electrons. The molecule has 0 amide bonds. The number of ether oxygens (including phenoxy) is 1. The summed E-state index contributed by atoms with van der Waals surface area (Å²) in [5, 5.41) is 22.5. The van der Waals surface area contributed by atoms with E-state index < -0.39 is 0 Å². The van der Waals surface area contributed by atoms with E-state index in [1.165, 1.54) is 0 Å². The monoisotopic (exact) mass is 300 g/mol. The van der Waals surface area contributed by atoms with Crippen LogP contribution in [-0.4, -0.2) is 9.78 Å². The van der Waals surface area contributed by atoms with Crippen molar-refractivity contribution in [2.75, 3.05) is 0 Å². The fourth-order valence-corrected chi connectivity index (χ4v) is 2.20. The highest BCUT2D eigenvalue weighted by molar-refractivity contribution is 5.50. The van der Waals surface area contributed by atoms with Crippen molar-refractivity contribution >= 4 is 0 Å². The highest BCUT2D eigenvalue weighted by Crippen LogP contribution is 2.26. The quantitative estimate of drug-likeness (QED) is 0.739. The van der Waals surface area contributed by atoms with Gasteiger partial charge in [0, 0.05) is 6.07 Å². The van der Waals surface area contributed by atoms with E-state index in [0.29, 0.717) is 17.2 Å². The van der Waals surface area contributed by atoms with Crippen LogP contribution in [0.25, 0.3) is 5.69 Å². The summed E-state index contributed by atoms with van der Waals surface area (Å²) in [5.74, 6) is 1.03. The zero-order chi connectivity index (χ0) is 16.2. The number of benzene rings is 2. The third-order valence-corrected chi connectivity index (χ3v) is 3.25. The number of aromatic nitrogens is 2. The number of hydrogen-bond acceptors (Lipinski definition) is 4. The van der Waals surface area contributed by atoms with Gasteiger partial charge in [-0.2, -0.15) is 15.6 Å². The molecule has 0 atom stereocenters. The van der Waals surface area contributed by atoms with E-state index >= 15 is 0 Å². The molecule has 3 aromatic rings. The van der Waals surface area contributed by atoms with Crippen molar-refractivity contribution in [1.29, 1.82) is 10.5 Å². The minimum atomic E-state index is 0.285. The molecule has 3 rings (SSSR count). The van der Waals surface area contributed by atoms with Crippen molar-refractivity contribution in [2.45, 2.75) is 6.92 Å². The van der Waals surface area contributed by atoms with Crippen LogP contribution in [0.5, 0.6) is 11.6 Å². The number of nitriles is 2. The van der Waals surface area contributed by atoms with E-state index in [-0.39, 0.29) is 5.56 Å². The van der Waals surface area contributed by atoms with Crippen LogP contribution in [0.3, 0.4) is 0 Å².